The molecule has 1 amide bonds. The van der Waals surface area contributed by atoms with Crippen molar-refractivity contribution in [2.45, 2.75) is 36.4 Å². The van der Waals surface area contributed by atoms with Gasteiger partial charge in [0.2, 0.25) is 5.91 Å². The highest BCUT2D eigenvalue weighted by atomic mass is 35.5. The van der Waals surface area contributed by atoms with Crippen LogP contribution in [0, 0.1) is 6.92 Å². The molecule has 0 aliphatic carbocycles. The lowest BCUT2D eigenvalue weighted by Crippen LogP contribution is -2.49. The van der Waals surface area contributed by atoms with E-state index in [-0.39, 0.29) is 12.5 Å². The Morgan fingerprint density at radius 2 is 2.00 bits per heavy atom. The van der Waals surface area contributed by atoms with E-state index in [2.05, 4.69) is 0 Å². The second-order valence-corrected chi connectivity index (χ2v) is 10.3. The summed E-state index contributed by atoms with van der Waals surface area (Å²) in [5.74, 6) is -0.188. The van der Waals surface area contributed by atoms with Crippen LogP contribution < -0.4 is 0 Å². The van der Waals surface area contributed by atoms with Crippen LogP contribution in [0.4, 0.5) is 0 Å². The van der Waals surface area contributed by atoms with Crippen LogP contribution in [-0.4, -0.2) is 49.2 Å². The maximum absolute atomic E-state index is 12.9. The SMILES string of the molecule is Cc1ccc(S(=O)(=O)N2CCC[C@H]2C(=O)N2CCC(Cl)=C(Cl)C2)s1. The first-order chi connectivity index (χ1) is 11.3. The Kier molecular flexibility index (Phi) is 5.28. The first-order valence-corrected chi connectivity index (χ1v) is 10.7. The quantitative estimate of drug-likeness (QED) is 0.771. The van der Waals surface area contributed by atoms with Crippen molar-refractivity contribution < 1.29 is 13.2 Å². The average Bonchev–Trinajstić information content (AvgIpc) is 3.18. The molecule has 3 heterocycles. The Balaban J connectivity index is 1.82. The summed E-state index contributed by atoms with van der Waals surface area (Å²) in [6.45, 7) is 2.95. The molecule has 2 aliphatic rings. The number of thiophene rings is 1. The number of aryl methyl sites for hydroxylation is 1. The molecule has 5 nitrogen and oxygen atoms in total. The molecule has 24 heavy (non-hydrogen) atoms. The summed E-state index contributed by atoms with van der Waals surface area (Å²) in [6.07, 6.45) is 1.72. The second kappa shape index (κ2) is 6.96. The number of carbonyl (C=O) groups excluding carboxylic acids is 1. The lowest BCUT2D eigenvalue weighted by Gasteiger charge is -2.31. The van der Waals surface area contributed by atoms with Crippen LogP contribution in [0.3, 0.4) is 0 Å². The van der Waals surface area contributed by atoms with Crippen molar-refractivity contribution in [3.05, 3.63) is 27.1 Å². The average molecular weight is 409 g/mol. The van der Waals surface area contributed by atoms with Crippen LogP contribution in [0.2, 0.25) is 0 Å². The second-order valence-electron chi connectivity index (χ2n) is 5.96. The van der Waals surface area contributed by atoms with E-state index in [0.29, 0.717) is 46.6 Å². The molecule has 1 saturated heterocycles. The smallest absolute Gasteiger partial charge is 0.253 e. The number of halogens is 2. The van der Waals surface area contributed by atoms with E-state index in [1.165, 1.54) is 15.6 Å². The topological polar surface area (TPSA) is 57.7 Å². The molecule has 0 N–H and O–H groups in total. The van der Waals surface area contributed by atoms with Gasteiger partial charge in [0.1, 0.15) is 10.3 Å². The number of carbonyl (C=O) groups is 1. The molecule has 1 fully saturated rings. The Morgan fingerprint density at radius 3 is 2.62 bits per heavy atom. The lowest BCUT2D eigenvalue weighted by atomic mass is 10.1. The third kappa shape index (κ3) is 3.37. The summed E-state index contributed by atoms with van der Waals surface area (Å²) in [4.78, 5) is 15.4. The number of hydrogen-bond acceptors (Lipinski definition) is 4. The molecule has 0 aromatic carbocycles. The maximum atomic E-state index is 12.9. The van der Waals surface area contributed by atoms with E-state index in [0.717, 1.165) is 4.88 Å². The standard InChI is InChI=1S/C15H18Cl2N2O3S2/c1-10-4-5-14(23-10)24(21,22)19-7-2-3-13(19)15(20)18-8-6-11(16)12(17)9-18/h4-5,13H,2-3,6-9H2,1H3/t13-/m0/s1. The highest BCUT2D eigenvalue weighted by Gasteiger charge is 2.42. The molecule has 2 aliphatic heterocycles. The van der Waals surface area contributed by atoms with Gasteiger partial charge in [-0.05, 0) is 31.9 Å². The Labute approximate surface area is 155 Å². The molecule has 0 spiro atoms. The third-order valence-electron chi connectivity index (χ3n) is 4.30. The van der Waals surface area contributed by atoms with Crippen molar-refractivity contribution in [1.82, 2.24) is 9.21 Å². The molecule has 0 bridgehead atoms. The summed E-state index contributed by atoms with van der Waals surface area (Å²) in [5, 5.41) is 1.03. The number of hydrogen-bond donors (Lipinski definition) is 0. The molecule has 1 aromatic rings. The highest BCUT2D eigenvalue weighted by molar-refractivity contribution is 7.91. The maximum Gasteiger partial charge on any atom is 0.253 e. The molecular formula is C15H18Cl2N2O3S2. The normalized spacial score (nSPS) is 23.1. The van der Waals surface area contributed by atoms with Crippen LogP contribution in [0.5, 0.6) is 0 Å². The monoisotopic (exact) mass is 408 g/mol. The van der Waals surface area contributed by atoms with Gasteiger partial charge in [0.05, 0.1) is 11.6 Å². The molecule has 1 aromatic heterocycles. The van der Waals surface area contributed by atoms with Gasteiger partial charge in [0, 0.05) is 29.4 Å². The van der Waals surface area contributed by atoms with Crippen LogP contribution in [-0.2, 0) is 14.8 Å². The molecule has 1 atom stereocenters. The van der Waals surface area contributed by atoms with Crippen LogP contribution in [0.25, 0.3) is 0 Å². The molecule has 9 heteroatoms. The number of amides is 1. The minimum absolute atomic E-state index is 0.188. The molecule has 3 rings (SSSR count). The summed E-state index contributed by atoms with van der Waals surface area (Å²) < 4.78 is 27.4. The number of sulfonamides is 1. The van der Waals surface area contributed by atoms with Gasteiger partial charge in [0.15, 0.2) is 0 Å². The van der Waals surface area contributed by atoms with Crippen molar-refractivity contribution in [2.75, 3.05) is 19.6 Å². The minimum atomic E-state index is -3.64. The summed E-state index contributed by atoms with van der Waals surface area (Å²) in [5.41, 5.74) is 0. The third-order valence-corrected chi connectivity index (χ3v) is 8.54. The van der Waals surface area contributed by atoms with Gasteiger partial charge in [-0.25, -0.2) is 8.42 Å². The molecular weight excluding hydrogens is 391 g/mol. The fourth-order valence-electron chi connectivity index (χ4n) is 3.04. The van der Waals surface area contributed by atoms with Crippen LogP contribution >= 0.6 is 34.5 Å². The summed E-state index contributed by atoms with van der Waals surface area (Å²) in [6, 6.07) is 2.73. The summed E-state index contributed by atoms with van der Waals surface area (Å²) >= 11 is 13.3. The van der Waals surface area contributed by atoms with E-state index < -0.39 is 16.1 Å². The number of nitrogens with zero attached hydrogens (tertiary/aromatic N) is 2. The zero-order valence-electron chi connectivity index (χ0n) is 13.2. The number of rotatable bonds is 3. The van der Waals surface area contributed by atoms with E-state index in [4.69, 9.17) is 23.2 Å². The van der Waals surface area contributed by atoms with Gasteiger partial charge in [-0.1, -0.05) is 23.2 Å². The zero-order chi connectivity index (χ0) is 17.5. The van der Waals surface area contributed by atoms with E-state index >= 15 is 0 Å². The predicted octanol–water partition coefficient (Wildman–Crippen LogP) is 3.13. The Bertz CT molecular complexity index is 788. The highest BCUT2D eigenvalue weighted by Crippen LogP contribution is 2.32. The van der Waals surface area contributed by atoms with Crippen molar-refractivity contribution in [2.24, 2.45) is 0 Å². The van der Waals surface area contributed by atoms with Crippen LogP contribution in [0.15, 0.2) is 26.4 Å². The summed E-state index contributed by atoms with van der Waals surface area (Å²) in [7, 11) is -3.64. The van der Waals surface area contributed by atoms with Gasteiger partial charge in [-0.15, -0.1) is 11.3 Å². The van der Waals surface area contributed by atoms with Gasteiger partial charge in [-0.3, -0.25) is 4.79 Å². The van der Waals surface area contributed by atoms with Gasteiger partial charge < -0.3 is 4.90 Å². The first-order valence-electron chi connectivity index (χ1n) is 7.71. The Morgan fingerprint density at radius 1 is 1.25 bits per heavy atom. The van der Waals surface area contributed by atoms with E-state index in [1.807, 2.05) is 6.92 Å². The molecule has 132 valence electrons. The first kappa shape index (κ1) is 18.2. The minimum Gasteiger partial charge on any atom is -0.336 e. The van der Waals surface area contributed by atoms with Gasteiger partial charge in [0.25, 0.3) is 10.0 Å². The lowest BCUT2D eigenvalue weighted by molar-refractivity contribution is -0.134. The van der Waals surface area contributed by atoms with Crippen LogP contribution in [0.1, 0.15) is 24.1 Å². The molecule has 0 saturated carbocycles. The van der Waals surface area contributed by atoms with Gasteiger partial charge in [-0.2, -0.15) is 4.31 Å². The largest absolute Gasteiger partial charge is 0.336 e. The van der Waals surface area contributed by atoms with E-state index in [9.17, 15) is 13.2 Å². The van der Waals surface area contributed by atoms with Gasteiger partial charge >= 0.3 is 0 Å². The fraction of sp³-hybridized carbons (Fsp3) is 0.533. The molecule has 0 unspecified atom stereocenters. The predicted molar refractivity (Wildman–Crippen MR) is 95.9 cm³/mol. The Hall–Kier alpha value is -0.600. The molecule has 0 radical (unpaired) electrons. The zero-order valence-corrected chi connectivity index (χ0v) is 16.3. The van der Waals surface area contributed by atoms with E-state index in [1.54, 1.807) is 17.0 Å². The fourth-order valence-corrected chi connectivity index (χ4v) is 6.49. The van der Waals surface area contributed by atoms with Crippen molar-refractivity contribution in [3.63, 3.8) is 0 Å². The van der Waals surface area contributed by atoms with Crippen molar-refractivity contribution in [3.8, 4) is 0 Å². The van der Waals surface area contributed by atoms with Crippen molar-refractivity contribution >= 4 is 50.5 Å². The van der Waals surface area contributed by atoms with Crippen molar-refractivity contribution in [1.29, 1.82) is 0 Å².